The van der Waals surface area contributed by atoms with Crippen LogP contribution in [-0.2, 0) is 11.8 Å². The Balaban J connectivity index is 1.59. The number of hydrogen-bond acceptors (Lipinski definition) is 5. The third-order valence-electron chi connectivity index (χ3n) is 5.24. The summed E-state index contributed by atoms with van der Waals surface area (Å²) in [6, 6.07) is 10.9. The van der Waals surface area contributed by atoms with Crippen LogP contribution < -0.4 is 10.6 Å². The molecule has 0 fully saturated rings. The van der Waals surface area contributed by atoms with Crippen molar-refractivity contribution in [2.24, 2.45) is 7.05 Å². The van der Waals surface area contributed by atoms with Crippen LogP contribution in [0.1, 0.15) is 45.8 Å². The summed E-state index contributed by atoms with van der Waals surface area (Å²) in [7, 11) is 1.83. The van der Waals surface area contributed by atoms with E-state index >= 15 is 0 Å². The molecular formula is C23H26BrN5O2S. The molecule has 2 aromatic carbocycles. The largest absolute Gasteiger partial charge is 0.342 e. The Labute approximate surface area is 200 Å². The van der Waals surface area contributed by atoms with Crippen LogP contribution in [0.3, 0.4) is 0 Å². The molecule has 3 aromatic rings. The number of thioether (sulfide) groups is 1. The van der Waals surface area contributed by atoms with Crippen molar-refractivity contribution in [3.05, 3.63) is 68.9 Å². The topological polar surface area (TPSA) is 88.9 Å². The van der Waals surface area contributed by atoms with Gasteiger partial charge in [-0.2, -0.15) is 0 Å². The van der Waals surface area contributed by atoms with Gasteiger partial charge < -0.3 is 15.2 Å². The molecule has 1 heterocycles. The lowest BCUT2D eigenvalue weighted by molar-refractivity contribution is -0.113. The predicted molar refractivity (Wildman–Crippen MR) is 131 cm³/mol. The normalized spacial score (nSPS) is 11.8. The maximum Gasteiger partial charge on any atom is 0.251 e. The second-order valence-corrected chi connectivity index (χ2v) is 9.44. The zero-order valence-electron chi connectivity index (χ0n) is 18.7. The van der Waals surface area contributed by atoms with Crippen molar-refractivity contribution in [2.75, 3.05) is 11.1 Å². The van der Waals surface area contributed by atoms with Crippen molar-refractivity contribution in [1.82, 2.24) is 20.1 Å². The molecule has 9 heteroatoms. The van der Waals surface area contributed by atoms with Crippen molar-refractivity contribution in [3.8, 4) is 0 Å². The van der Waals surface area contributed by atoms with Crippen molar-refractivity contribution in [3.63, 3.8) is 0 Å². The summed E-state index contributed by atoms with van der Waals surface area (Å²) in [6.07, 6.45) is 0. The van der Waals surface area contributed by atoms with Gasteiger partial charge in [0.25, 0.3) is 5.91 Å². The summed E-state index contributed by atoms with van der Waals surface area (Å²) in [5, 5.41) is 14.9. The fraction of sp³-hybridized carbons (Fsp3) is 0.304. The highest BCUT2D eigenvalue weighted by Gasteiger charge is 2.19. The molecule has 0 aliphatic carbocycles. The Kier molecular flexibility index (Phi) is 7.73. The molecular weight excluding hydrogens is 490 g/mol. The average molecular weight is 516 g/mol. The van der Waals surface area contributed by atoms with E-state index < -0.39 is 0 Å². The van der Waals surface area contributed by atoms with Crippen LogP contribution >= 0.6 is 27.7 Å². The fourth-order valence-corrected chi connectivity index (χ4v) is 4.27. The number of aryl methyl sites for hydroxylation is 1. The minimum atomic E-state index is -0.335. The molecule has 2 amide bonds. The SMILES string of the molecule is Cc1ccc(C(=O)N[C@H](C)c2nnc(SCC(=O)Nc3ccc(Br)c(C)c3C)n2C)cc1. The van der Waals surface area contributed by atoms with Gasteiger partial charge in [-0.1, -0.05) is 45.4 Å². The molecule has 0 aliphatic rings. The molecule has 0 spiro atoms. The van der Waals surface area contributed by atoms with E-state index in [1.807, 2.05) is 59.0 Å². The molecule has 0 unspecified atom stereocenters. The van der Waals surface area contributed by atoms with E-state index in [9.17, 15) is 9.59 Å². The van der Waals surface area contributed by atoms with Crippen LogP contribution in [-0.4, -0.2) is 32.3 Å². The number of carbonyl (C=O) groups excluding carboxylic acids is 2. The number of halogens is 1. The van der Waals surface area contributed by atoms with Gasteiger partial charge in [0.15, 0.2) is 11.0 Å². The number of hydrogen-bond donors (Lipinski definition) is 2. The van der Waals surface area contributed by atoms with Crippen molar-refractivity contribution >= 4 is 45.2 Å². The van der Waals surface area contributed by atoms with Crippen LogP contribution in [0.2, 0.25) is 0 Å². The van der Waals surface area contributed by atoms with Crippen LogP contribution in [0.25, 0.3) is 0 Å². The van der Waals surface area contributed by atoms with Crippen LogP contribution in [0.15, 0.2) is 46.0 Å². The highest BCUT2D eigenvalue weighted by atomic mass is 79.9. The zero-order valence-corrected chi connectivity index (χ0v) is 21.1. The van der Waals surface area contributed by atoms with Gasteiger partial charge in [-0.05, 0) is 63.1 Å². The summed E-state index contributed by atoms with van der Waals surface area (Å²) < 4.78 is 2.81. The van der Waals surface area contributed by atoms with Gasteiger partial charge in [0, 0.05) is 22.8 Å². The van der Waals surface area contributed by atoms with E-state index in [0.29, 0.717) is 16.5 Å². The molecule has 7 nitrogen and oxygen atoms in total. The predicted octanol–water partition coefficient (Wildman–Crippen LogP) is 4.72. The summed E-state index contributed by atoms with van der Waals surface area (Å²) in [6.45, 7) is 7.81. The molecule has 0 saturated carbocycles. The van der Waals surface area contributed by atoms with Crippen molar-refractivity contribution in [1.29, 1.82) is 0 Å². The summed E-state index contributed by atoms with van der Waals surface area (Å²) >= 11 is 4.80. The second kappa shape index (κ2) is 10.3. The Bertz CT molecular complexity index is 1140. The second-order valence-electron chi connectivity index (χ2n) is 7.64. The lowest BCUT2D eigenvalue weighted by atomic mass is 10.1. The Morgan fingerprint density at radius 1 is 1.06 bits per heavy atom. The molecule has 32 heavy (non-hydrogen) atoms. The van der Waals surface area contributed by atoms with Crippen LogP contribution in [0.5, 0.6) is 0 Å². The summed E-state index contributed by atoms with van der Waals surface area (Å²) in [4.78, 5) is 24.9. The van der Waals surface area contributed by atoms with E-state index in [4.69, 9.17) is 0 Å². The van der Waals surface area contributed by atoms with E-state index in [1.165, 1.54) is 11.8 Å². The zero-order chi connectivity index (χ0) is 23.4. The number of anilines is 1. The molecule has 1 atom stereocenters. The third kappa shape index (κ3) is 5.58. The van der Waals surface area contributed by atoms with E-state index in [1.54, 1.807) is 16.7 Å². The Hall–Kier alpha value is -2.65. The van der Waals surface area contributed by atoms with Crippen molar-refractivity contribution in [2.45, 2.75) is 38.9 Å². The molecule has 0 radical (unpaired) electrons. The first-order valence-corrected chi connectivity index (χ1v) is 11.9. The molecule has 0 aliphatic heterocycles. The summed E-state index contributed by atoms with van der Waals surface area (Å²) in [5.41, 5.74) is 4.60. The van der Waals surface area contributed by atoms with Crippen molar-refractivity contribution < 1.29 is 9.59 Å². The summed E-state index contributed by atoms with van der Waals surface area (Å²) in [5.74, 6) is 0.525. The number of benzene rings is 2. The van der Waals surface area contributed by atoms with Crippen LogP contribution in [0.4, 0.5) is 5.69 Å². The highest BCUT2D eigenvalue weighted by molar-refractivity contribution is 9.10. The first-order chi connectivity index (χ1) is 15.2. The standard InChI is InChI=1S/C23H26BrN5O2S/c1-13-6-8-17(9-7-13)22(31)25-16(4)21-27-28-23(29(21)5)32-12-20(30)26-19-11-10-18(24)14(2)15(19)3/h6-11,16H,12H2,1-5H3,(H,25,31)(H,26,30)/t16-/m1/s1. The average Bonchev–Trinajstić information content (AvgIpc) is 3.13. The van der Waals surface area contributed by atoms with E-state index in [2.05, 4.69) is 36.8 Å². The lowest BCUT2D eigenvalue weighted by Crippen LogP contribution is -2.28. The lowest BCUT2D eigenvalue weighted by Gasteiger charge is -2.14. The third-order valence-corrected chi connectivity index (χ3v) is 7.12. The minimum Gasteiger partial charge on any atom is -0.342 e. The number of carbonyl (C=O) groups is 2. The smallest absolute Gasteiger partial charge is 0.251 e. The Morgan fingerprint density at radius 2 is 1.75 bits per heavy atom. The monoisotopic (exact) mass is 515 g/mol. The van der Waals surface area contributed by atoms with E-state index in [0.717, 1.165) is 26.9 Å². The van der Waals surface area contributed by atoms with E-state index in [-0.39, 0.29) is 23.6 Å². The maximum atomic E-state index is 12.5. The van der Waals surface area contributed by atoms with Gasteiger partial charge in [-0.3, -0.25) is 9.59 Å². The Morgan fingerprint density at radius 3 is 2.44 bits per heavy atom. The quantitative estimate of drug-likeness (QED) is 0.444. The van der Waals surface area contributed by atoms with Gasteiger partial charge in [0.2, 0.25) is 5.91 Å². The fourth-order valence-electron chi connectivity index (χ4n) is 3.12. The molecule has 3 rings (SSSR count). The minimum absolute atomic E-state index is 0.120. The van der Waals surface area contributed by atoms with Gasteiger partial charge in [0.05, 0.1) is 11.8 Å². The number of amides is 2. The molecule has 2 N–H and O–H groups in total. The molecule has 0 saturated heterocycles. The number of nitrogens with zero attached hydrogens (tertiary/aromatic N) is 3. The number of nitrogens with one attached hydrogen (secondary N) is 2. The molecule has 0 bridgehead atoms. The number of rotatable bonds is 7. The van der Waals surface area contributed by atoms with Gasteiger partial charge in [-0.15, -0.1) is 10.2 Å². The van der Waals surface area contributed by atoms with Gasteiger partial charge in [-0.25, -0.2) is 0 Å². The van der Waals surface area contributed by atoms with Crippen LogP contribution in [0, 0.1) is 20.8 Å². The number of aromatic nitrogens is 3. The first-order valence-electron chi connectivity index (χ1n) is 10.1. The highest BCUT2D eigenvalue weighted by Crippen LogP contribution is 2.26. The van der Waals surface area contributed by atoms with Gasteiger partial charge in [0.1, 0.15) is 0 Å². The van der Waals surface area contributed by atoms with Gasteiger partial charge >= 0.3 is 0 Å². The first kappa shape index (κ1) is 24.0. The molecule has 1 aromatic heterocycles. The molecule has 168 valence electrons. The maximum absolute atomic E-state index is 12.5.